The van der Waals surface area contributed by atoms with Crippen LogP contribution in [0.5, 0.6) is 0 Å². The third-order valence-corrected chi connectivity index (χ3v) is 4.87. The van der Waals surface area contributed by atoms with Gasteiger partial charge in [-0.05, 0) is 6.92 Å². The van der Waals surface area contributed by atoms with Gasteiger partial charge < -0.3 is 34.5 Å². The zero-order valence-corrected chi connectivity index (χ0v) is 13.7. The fourth-order valence-corrected chi connectivity index (χ4v) is 3.30. The van der Waals surface area contributed by atoms with Crippen LogP contribution in [0.25, 0.3) is 0 Å². The van der Waals surface area contributed by atoms with E-state index in [9.17, 15) is 15.0 Å². The minimum absolute atomic E-state index is 0.0536. The molecule has 0 saturated carbocycles. The molecule has 2 fully saturated rings. The molecule has 0 bridgehead atoms. The van der Waals surface area contributed by atoms with E-state index in [-0.39, 0.29) is 18.5 Å². The van der Waals surface area contributed by atoms with Gasteiger partial charge in [0.2, 0.25) is 5.79 Å². The zero-order chi connectivity index (χ0) is 15.9. The van der Waals surface area contributed by atoms with Crippen LogP contribution in [0.3, 0.4) is 0 Å². The zero-order valence-electron chi connectivity index (χ0n) is 12.1. The second-order valence-corrected chi connectivity index (χ2v) is 5.93. The van der Waals surface area contributed by atoms with Gasteiger partial charge >= 0.3 is 6.09 Å². The average molecular weight is 370 g/mol. The highest BCUT2D eigenvalue weighted by Crippen LogP contribution is 2.51. The molecular formula is C12H20BrNO7. The van der Waals surface area contributed by atoms with E-state index in [1.165, 1.54) is 14.2 Å². The monoisotopic (exact) mass is 369 g/mol. The standard InChI is InChI=1S/C12H20BrNO7/c1-10(6-20-10)12(17)8(18-3)7(21-9(15)14-2)4-19-11(12,16)5-13/h7-8,16-17H,4-6H2,1-3H3,(H,14,15)/t7-,8-,10?,11-,12+/m1/s1. The largest absolute Gasteiger partial charge is 0.441 e. The number of hydrogen-bond donors (Lipinski definition) is 3. The minimum Gasteiger partial charge on any atom is -0.441 e. The van der Waals surface area contributed by atoms with Crippen molar-refractivity contribution in [3.05, 3.63) is 0 Å². The first kappa shape index (κ1) is 16.9. The fourth-order valence-electron chi connectivity index (χ4n) is 2.71. The van der Waals surface area contributed by atoms with Crippen LogP contribution in [-0.4, -0.2) is 78.2 Å². The Morgan fingerprint density at radius 3 is 2.52 bits per heavy atom. The first-order chi connectivity index (χ1) is 9.78. The summed E-state index contributed by atoms with van der Waals surface area (Å²) < 4.78 is 21.2. The van der Waals surface area contributed by atoms with E-state index in [0.717, 1.165) is 0 Å². The average Bonchev–Trinajstić information content (AvgIpc) is 3.22. The molecular weight excluding hydrogens is 350 g/mol. The predicted molar refractivity (Wildman–Crippen MR) is 74.1 cm³/mol. The second-order valence-electron chi connectivity index (χ2n) is 5.36. The van der Waals surface area contributed by atoms with Crippen molar-refractivity contribution in [3.8, 4) is 0 Å². The molecule has 0 aromatic heterocycles. The van der Waals surface area contributed by atoms with Crippen molar-refractivity contribution >= 4 is 22.0 Å². The van der Waals surface area contributed by atoms with Gasteiger partial charge in [0.1, 0.15) is 11.7 Å². The number of epoxide rings is 1. The van der Waals surface area contributed by atoms with Crippen LogP contribution < -0.4 is 5.32 Å². The lowest BCUT2D eigenvalue weighted by Gasteiger charge is -2.53. The molecule has 122 valence electrons. The van der Waals surface area contributed by atoms with Crippen molar-refractivity contribution in [1.82, 2.24) is 5.32 Å². The smallest absolute Gasteiger partial charge is 0.407 e. The van der Waals surface area contributed by atoms with Gasteiger partial charge in [-0.15, -0.1) is 0 Å². The third-order valence-electron chi connectivity index (χ3n) is 4.11. The Morgan fingerprint density at radius 1 is 1.48 bits per heavy atom. The Balaban J connectivity index is 2.35. The molecule has 2 aliphatic rings. The van der Waals surface area contributed by atoms with E-state index in [4.69, 9.17) is 18.9 Å². The second kappa shape index (κ2) is 5.64. The summed E-state index contributed by atoms with van der Waals surface area (Å²) in [6.45, 7) is 1.75. The number of hydrogen-bond acceptors (Lipinski definition) is 7. The van der Waals surface area contributed by atoms with Crippen LogP contribution in [-0.2, 0) is 18.9 Å². The maximum atomic E-state index is 11.4. The Morgan fingerprint density at radius 2 is 2.10 bits per heavy atom. The van der Waals surface area contributed by atoms with Crippen molar-refractivity contribution < 1.29 is 34.0 Å². The number of carbonyl (C=O) groups excluding carboxylic acids is 1. The Bertz CT molecular complexity index is 418. The minimum atomic E-state index is -1.93. The summed E-state index contributed by atoms with van der Waals surface area (Å²) in [4.78, 5) is 11.4. The quantitative estimate of drug-likeness (QED) is 0.446. The van der Waals surface area contributed by atoms with Crippen LogP contribution in [0, 0.1) is 0 Å². The SMILES string of the molecule is CNC(=O)O[C@@H]1CO[C@](O)(CBr)[C@@](O)(C2(C)CO2)[C@@H]1OC. The fraction of sp³-hybridized carbons (Fsp3) is 0.917. The summed E-state index contributed by atoms with van der Waals surface area (Å²) in [5.41, 5.74) is -2.96. The molecule has 8 nitrogen and oxygen atoms in total. The molecule has 9 heteroatoms. The highest BCUT2D eigenvalue weighted by atomic mass is 79.9. The lowest BCUT2D eigenvalue weighted by atomic mass is 9.73. The third kappa shape index (κ3) is 2.45. The summed E-state index contributed by atoms with van der Waals surface area (Å²) in [5, 5.41) is 24.1. The Labute approximate surface area is 130 Å². The molecule has 1 amide bonds. The van der Waals surface area contributed by atoms with Crippen molar-refractivity contribution in [3.63, 3.8) is 0 Å². The first-order valence-corrected chi connectivity index (χ1v) is 7.60. The molecule has 2 saturated heterocycles. The molecule has 2 aliphatic heterocycles. The molecule has 5 atom stereocenters. The van der Waals surface area contributed by atoms with E-state index < -0.39 is 35.3 Å². The van der Waals surface area contributed by atoms with Gasteiger partial charge in [0.15, 0.2) is 11.7 Å². The van der Waals surface area contributed by atoms with Crippen LogP contribution >= 0.6 is 15.9 Å². The van der Waals surface area contributed by atoms with Crippen LogP contribution in [0.2, 0.25) is 0 Å². The number of aliphatic hydroxyl groups is 2. The molecule has 2 heterocycles. The number of amides is 1. The number of halogens is 1. The molecule has 1 unspecified atom stereocenters. The van der Waals surface area contributed by atoms with Gasteiger partial charge in [0.25, 0.3) is 0 Å². The summed E-state index contributed by atoms with van der Waals surface area (Å²) in [6, 6.07) is 0. The van der Waals surface area contributed by atoms with E-state index in [2.05, 4.69) is 21.2 Å². The first-order valence-electron chi connectivity index (χ1n) is 6.48. The molecule has 0 aromatic carbocycles. The topological polar surface area (TPSA) is 110 Å². The van der Waals surface area contributed by atoms with Gasteiger partial charge in [0.05, 0.1) is 18.5 Å². The van der Waals surface area contributed by atoms with Crippen molar-refractivity contribution in [1.29, 1.82) is 0 Å². The van der Waals surface area contributed by atoms with Gasteiger partial charge in [0, 0.05) is 14.2 Å². The van der Waals surface area contributed by atoms with E-state index in [1.807, 2.05) is 0 Å². The number of ether oxygens (including phenoxy) is 4. The van der Waals surface area contributed by atoms with Crippen LogP contribution in [0.15, 0.2) is 0 Å². The molecule has 3 N–H and O–H groups in total. The van der Waals surface area contributed by atoms with Gasteiger partial charge in [-0.1, -0.05) is 15.9 Å². The van der Waals surface area contributed by atoms with Gasteiger partial charge in [-0.2, -0.15) is 0 Å². The molecule has 0 aromatic rings. The van der Waals surface area contributed by atoms with Crippen molar-refractivity contribution in [2.45, 2.75) is 36.1 Å². The van der Waals surface area contributed by atoms with Gasteiger partial charge in [-0.25, -0.2) is 4.79 Å². The molecule has 0 radical (unpaired) electrons. The normalized spacial score (nSPS) is 46.0. The van der Waals surface area contributed by atoms with Crippen LogP contribution in [0.4, 0.5) is 4.79 Å². The van der Waals surface area contributed by atoms with Crippen molar-refractivity contribution in [2.75, 3.05) is 32.7 Å². The van der Waals surface area contributed by atoms with Gasteiger partial charge in [-0.3, -0.25) is 0 Å². The van der Waals surface area contributed by atoms with E-state index >= 15 is 0 Å². The number of alkyl carbamates (subject to hydrolysis) is 1. The number of carbonyl (C=O) groups is 1. The summed E-state index contributed by atoms with van der Waals surface area (Å²) in [6.07, 6.45) is -2.59. The van der Waals surface area contributed by atoms with Crippen molar-refractivity contribution in [2.24, 2.45) is 0 Å². The Hall–Kier alpha value is -0.450. The molecule has 0 aliphatic carbocycles. The lowest BCUT2D eigenvalue weighted by molar-refractivity contribution is -0.371. The summed E-state index contributed by atoms with van der Waals surface area (Å²) in [5.74, 6) is -1.93. The number of nitrogens with one attached hydrogen (secondary N) is 1. The lowest BCUT2D eigenvalue weighted by Crippen LogP contribution is -2.77. The number of methoxy groups -OCH3 is 1. The number of alkyl halides is 1. The summed E-state index contributed by atoms with van der Waals surface area (Å²) in [7, 11) is 2.78. The number of rotatable bonds is 4. The Kier molecular flexibility index (Phi) is 4.54. The molecule has 0 spiro atoms. The molecule has 21 heavy (non-hydrogen) atoms. The predicted octanol–water partition coefficient (Wildman–Crippen LogP) is -0.640. The highest BCUT2D eigenvalue weighted by Gasteiger charge is 2.75. The maximum absolute atomic E-state index is 11.4. The molecule has 2 rings (SSSR count). The van der Waals surface area contributed by atoms with Crippen LogP contribution in [0.1, 0.15) is 6.92 Å². The summed E-state index contributed by atoms with van der Waals surface area (Å²) >= 11 is 3.14. The highest BCUT2D eigenvalue weighted by molar-refractivity contribution is 9.09. The van der Waals surface area contributed by atoms with E-state index in [1.54, 1.807) is 6.92 Å². The van der Waals surface area contributed by atoms with E-state index in [0.29, 0.717) is 0 Å². The maximum Gasteiger partial charge on any atom is 0.407 e.